The molecule has 0 amide bonds. The number of rotatable bonds is 13. The highest BCUT2D eigenvalue weighted by Gasteiger charge is 2.53. The SMILES string of the molecule is CC[C@@]1(OC(=O)CNP(=O)(OCCC23CC4CC(CC(C4)C2)C3)OCCC23CCC4CCC(CC4C2)C3)C(=O)OCc2c1cc1n(c2=O)Cc2cc3ccccc3nc2-1. The Hall–Kier alpha value is -3.37. The van der Waals surface area contributed by atoms with Crippen LogP contribution in [0.2, 0.25) is 0 Å². The first-order valence-corrected chi connectivity index (χ1v) is 24.3. The fourth-order valence-electron chi connectivity index (χ4n) is 14.5. The monoisotopic (exact) mass is 823 g/mol. The fraction of sp³-hybridized carbons (Fsp3) is 0.660. The van der Waals surface area contributed by atoms with Crippen molar-refractivity contribution in [2.75, 3.05) is 19.8 Å². The van der Waals surface area contributed by atoms with Gasteiger partial charge in [-0.2, -0.15) is 0 Å². The highest BCUT2D eigenvalue weighted by molar-refractivity contribution is 7.51. The quantitative estimate of drug-likeness (QED) is 0.103. The Morgan fingerprint density at radius 2 is 1.63 bits per heavy atom. The van der Waals surface area contributed by atoms with Crippen molar-refractivity contribution in [3.8, 4) is 11.4 Å². The molecule has 314 valence electrons. The van der Waals surface area contributed by atoms with Crippen LogP contribution in [0.1, 0.15) is 126 Å². The van der Waals surface area contributed by atoms with Crippen molar-refractivity contribution < 1.29 is 32.7 Å². The average Bonchev–Trinajstić information content (AvgIpc) is 3.56. The van der Waals surface area contributed by atoms with E-state index in [1.165, 1.54) is 83.5 Å². The third-order valence-electron chi connectivity index (χ3n) is 16.8. The number of aromatic nitrogens is 2. The molecule has 1 aromatic carbocycles. The molecule has 7 fully saturated rings. The summed E-state index contributed by atoms with van der Waals surface area (Å²) in [4.78, 5) is 46.7. The summed E-state index contributed by atoms with van der Waals surface area (Å²) in [5, 5.41) is 3.86. The number of esters is 2. The predicted molar refractivity (Wildman–Crippen MR) is 221 cm³/mol. The van der Waals surface area contributed by atoms with E-state index in [1.807, 2.05) is 30.3 Å². The van der Waals surface area contributed by atoms with Gasteiger partial charge in [0.1, 0.15) is 13.2 Å². The van der Waals surface area contributed by atoms with Crippen LogP contribution in [0.15, 0.2) is 41.2 Å². The largest absolute Gasteiger partial charge is 0.457 e. The Morgan fingerprint density at radius 1 is 0.898 bits per heavy atom. The molecule has 11 nitrogen and oxygen atoms in total. The second-order valence-corrected chi connectivity index (χ2v) is 22.1. The number of fused-ring (bicyclic) bond motifs is 7. The van der Waals surface area contributed by atoms with Crippen LogP contribution in [0.4, 0.5) is 0 Å². The summed E-state index contributed by atoms with van der Waals surface area (Å²) in [6.45, 7) is 1.93. The Bertz CT molecular complexity index is 2290. The molecule has 12 rings (SSSR count). The number of carbonyl (C=O) groups is 2. The molecule has 7 bridgehead atoms. The van der Waals surface area contributed by atoms with Gasteiger partial charge in [0.15, 0.2) is 0 Å². The summed E-state index contributed by atoms with van der Waals surface area (Å²) in [6.07, 6.45) is 18.4. The van der Waals surface area contributed by atoms with Crippen LogP contribution in [-0.2, 0) is 51.4 Å². The molecule has 1 N–H and O–H groups in total. The van der Waals surface area contributed by atoms with Crippen LogP contribution >= 0.6 is 7.75 Å². The van der Waals surface area contributed by atoms with Gasteiger partial charge < -0.3 is 14.0 Å². The standard InChI is InChI=1S/C47H58N3O8P/c1-2-47(38-20-40-42-36(19-34-5-3-4-6-39(34)49-42)27-50(40)43(52)37(38)28-55-44(47)53)58-41(51)26-48-59(54,57-14-12-46-22-30-15-31(23-46)17-32(16-30)24-46)56-13-11-45-10-9-33-8-7-29(21-45)18-35(33)25-45/h3-6,19-20,29-33,35H,2,7-18,21-28H2,1H3,(H,48,54)/t29?,30?,31?,32?,33?,35?,45?,46?,47-,59?/m0/s1. The topological polar surface area (TPSA) is 135 Å². The van der Waals surface area contributed by atoms with Gasteiger partial charge in [-0.05, 0) is 161 Å². The fourth-order valence-corrected chi connectivity index (χ4v) is 15.7. The third-order valence-corrected chi connectivity index (χ3v) is 18.3. The first-order chi connectivity index (χ1) is 28.5. The minimum absolute atomic E-state index is 0.0339. The average molecular weight is 824 g/mol. The number of para-hydroxylation sites is 1. The molecule has 0 radical (unpaired) electrons. The summed E-state index contributed by atoms with van der Waals surface area (Å²) >= 11 is 0. The van der Waals surface area contributed by atoms with Gasteiger partial charge in [0.25, 0.3) is 5.56 Å². The summed E-state index contributed by atoms with van der Waals surface area (Å²) in [5.74, 6) is 3.29. The maximum atomic E-state index is 14.7. The van der Waals surface area contributed by atoms with E-state index in [4.69, 9.17) is 23.5 Å². The maximum absolute atomic E-state index is 14.7. The Kier molecular flexibility index (Phi) is 9.38. The highest BCUT2D eigenvalue weighted by Crippen LogP contribution is 2.62. The summed E-state index contributed by atoms with van der Waals surface area (Å²) in [7, 11) is -3.97. The third kappa shape index (κ3) is 6.67. The molecule has 9 aliphatic rings. The van der Waals surface area contributed by atoms with Crippen molar-refractivity contribution in [1.29, 1.82) is 0 Å². The second kappa shape index (κ2) is 14.4. The Morgan fingerprint density at radius 3 is 2.39 bits per heavy atom. The number of nitrogens with one attached hydrogen (secondary N) is 1. The lowest BCUT2D eigenvalue weighted by molar-refractivity contribution is -0.188. The number of pyridine rings is 2. The molecule has 0 spiro atoms. The molecule has 5 unspecified atom stereocenters. The van der Waals surface area contributed by atoms with Crippen molar-refractivity contribution in [3.63, 3.8) is 0 Å². The first kappa shape index (κ1) is 38.5. The van der Waals surface area contributed by atoms with Gasteiger partial charge >= 0.3 is 19.7 Å². The lowest BCUT2D eigenvalue weighted by atomic mass is 9.49. The van der Waals surface area contributed by atoms with Crippen molar-refractivity contribution in [1.82, 2.24) is 14.6 Å². The molecule has 59 heavy (non-hydrogen) atoms. The van der Waals surface area contributed by atoms with Crippen LogP contribution in [0, 0.1) is 46.3 Å². The van der Waals surface area contributed by atoms with Crippen LogP contribution in [0.3, 0.4) is 0 Å². The molecule has 2 aromatic heterocycles. The molecule has 0 saturated heterocycles. The van der Waals surface area contributed by atoms with E-state index in [0.717, 1.165) is 64.8 Å². The smallest absolute Gasteiger partial charge is 0.406 e. The summed E-state index contributed by atoms with van der Waals surface area (Å²) < 4.78 is 40.6. The lowest BCUT2D eigenvalue weighted by Crippen LogP contribution is -2.48. The maximum Gasteiger partial charge on any atom is 0.406 e. The second-order valence-electron chi connectivity index (χ2n) is 20.3. The molecule has 12 heteroatoms. The minimum Gasteiger partial charge on any atom is -0.457 e. The number of nitrogens with zero attached hydrogens (tertiary/aromatic N) is 2. The summed E-state index contributed by atoms with van der Waals surface area (Å²) in [6, 6.07) is 11.6. The Balaban J connectivity index is 0.822. The van der Waals surface area contributed by atoms with Crippen LogP contribution in [0.25, 0.3) is 22.3 Å². The predicted octanol–water partition coefficient (Wildman–Crippen LogP) is 8.96. The summed E-state index contributed by atoms with van der Waals surface area (Å²) in [5.41, 5.74) is 1.78. The van der Waals surface area contributed by atoms with Gasteiger partial charge in [0, 0.05) is 16.5 Å². The molecule has 6 atom stereocenters. The van der Waals surface area contributed by atoms with E-state index < -0.39 is 31.8 Å². The van der Waals surface area contributed by atoms with Crippen molar-refractivity contribution >= 4 is 30.6 Å². The minimum atomic E-state index is -3.97. The zero-order chi connectivity index (χ0) is 40.1. The molecule has 3 aromatic rings. The van der Waals surface area contributed by atoms with Gasteiger partial charge in [-0.15, -0.1) is 0 Å². The van der Waals surface area contributed by atoms with E-state index in [1.54, 1.807) is 17.6 Å². The van der Waals surface area contributed by atoms with E-state index >= 15 is 0 Å². The molecule has 4 heterocycles. The Labute approximate surface area is 346 Å². The van der Waals surface area contributed by atoms with E-state index in [9.17, 15) is 18.9 Å². The van der Waals surface area contributed by atoms with Gasteiger partial charge in [-0.25, -0.2) is 19.4 Å². The molecular formula is C47H58N3O8P. The molecular weight excluding hydrogens is 766 g/mol. The van der Waals surface area contributed by atoms with Crippen LogP contribution in [0.5, 0.6) is 0 Å². The number of cyclic esters (lactones) is 1. The van der Waals surface area contributed by atoms with Crippen LogP contribution in [-0.4, -0.2) is 41.2 Å². The normalized spacial score (nSPS) is 35.5. The number of hydrogen-bond donors (Lipinski definition) is 1. The van der Waals surface area contributed by atoms with E-state index in [0.29, 0.717) is 36.7 Å². The lowest BCUT2D eigenvalue weighted by Gasteiger charge is -2.57. The first-order valence-electron chi connectivity index (χ1n) is 22.7. The van der Waals surface area contributed by atoms with Crippen molar-refractivity contribution in [2.45, 2.75) is 128 Å². The van der Waals surface area contributed by atoms with Gasteiger partial charge in [-0.1, -0.05) is 31.5 Å². The number of ether oxygens (including phenoxy) is 2. The van der Waals surface area contributed by atoms with Gasteiger partial charge in [0.2, 0.25) is 5.60 Å². The molecule has 7 aliphatic carbocycles. The van der Waals surface area contributed by atoms with Crippen molar-refractivity contribution in [2.24, 2.45) is 46.3 Å². The van der Waals surface area contributed by atoms with E-state index in [2.05, 4.69) is 5.09 Å². The van der Waals surface area contributed by atoms with Gasteiger partial charge in [0.05, 0.1) is 42.2 Å². The zero-order valence-corrected chi connectivity index (χ0v) is 35.3. The molecule has 2 aliphatic heterocycles. The molecule has 7 saturated carbocycles. The number of benzene rings is 1. The number of carbonyl (C=O) groups excluding carboxylic acids is 2. The zero-order valence-electron chi connectivity index (χ0n) is 34.4. The van der Waals surface area contributed by atoms with Gasteiger partial charge in [-0.3, -0.25) is 18.6 Å². The highest BCUT2D eigenvalue weighted by atomic mass is 31.2. The van der Waals surface area contributed by atoms with E-state index in [-0.39, 0.29) is 35.0 Å². The number of hydrogen-bond acceptors (Lipinski definition) is 9. The van der Waals surface area contributed by atoms with Crippen molar-refractivity contribution in [3.05, 3.63) is 63.4 Å². The van der Waals surface area contributed by atoms with Crippen LogP contribution < -0.4 is 10.6 Å².